The van der Waals surface area contributed by atoms with E-state index in [2.05, 4.69) is 5.32 Å². The Kier molecular flexibility index (Phi) is 4.37. The van der Waals surface area contributed by atoms with Crippen LogP contribution in [-0.4, -0.2) is 29.8 Å². The van der Waals surface area contributed by atoms with Crippen LogP contribution in [0, 0.1) is 6.92 Å². The van der Waals surface area contributed by atoms with Crippen LogP contribution in [0.2, 0.25) is 0 Å². The summed E-state index contributed by atoms with van der Waals surface area (Å²) in [6, 6.07) is 7.61. The van der Waals surface area contributed by atoms with Gasteiger partial charge in [0.05, 0.1) is 12.6 Å². The third-order valence-corrected chi connectivity index (χ3v) is 4.41. The van der Waals surface area contributed by atoms with E-state index in [0.29, 0.717) is 13.0 Å². The molecule has 0 bridgehead atoms. The number of fused-ring (bicyclic) bond motifs is 1. The highest BCUT2D eigenvalue weighted by Gasteiger charge is 2.23. The van der Waals surface area contributed by atoms with Crippen molar-refractivity contribution in [3.63, 3.8) is 0 Å². The van der Waals surface area contributed by atoms with Crippen molar-refractivity contribution < 1.29 is 14.0 Å². The number of hydrogen-bond acceptors (Lipinski definition) is 3. The fraction of sp³-hybridized carbons (Fsp3) is 0.444. The minimum Gasteiger partial charge on any atom is -0.459 e. The molecule has 0 spiro atoms. The number of benzene rings is 1. The molecule has 0 radical (unpaired) electrons. The molecule has 0 aliphatic carbocycles. The number of aryl methyl sites for hydroxylation is 1. The van der Waals surface area contributed by atoms with E-state index >= 15 is 0 Å². The first-order chi connectivity index (χ1) is 11.1. The normalized spacial score (nSPS) is 16.6. The van der Waals surface area contributed by atoms with Gasteiger partial charge in [-0.15, -0.1) is 0 Å². The summed E-state index contributed by atoms with van der Waals surface area (Å²) in [6.07, 6.45) is 2.44. The Morgan fingerprint density at radius 1 is 1.35 bits per heavy atom. The lowest BCUT2D eigenvalue weighted by Gasteiger charge is -2.26. The molecular weight excluding hydrogens is 292 g/mol. The van der Waals surface area contributed by atoms with Gasteiger partial charge in [0.1, 0.15) is 11.3 Å². The number of nitrogens with one attached hydrogen (secondary N) is 1. The molecule has 1 fully saturated rings. The fourth-order valence-electron chi connectivity index (χ4n) is 3.16. The lowest BCUT2D eigenvalue weighted by Crippen LogP contribution is -2.43. The Morgan fingerprint density at radius 3 is 2.87 bits per heavy atom. The molecule has 2 amide bonds. The molecule has 1 atom stereocenters. The molecule has 3 rings (SSSR count). The van der Waals surface area contributed by atoms with Gasteiger partial charge in [0.15, 0.2) is 0 Å². The van der Waals surface area contributed by atoms with Crippen LogP contribution in [0.25, 0.3) is 11.0 Å². The van der Waals surface area contributed by atoms with Gasteiger partial charge in [-0.25, -0.2) is 0 Å². The molecule has 1 aliphatic rings. The van der Waals surface area contributed by atoms with Gasteiger partial charge >= 0.3 is 0 Å². The van der Waals surface area contributed by atoms with Crippen LogP contribution >= 0.6 is 0 Å². The topological polar surface area (TPSA) is 62.6 Å². The lowest BCUT2D eigenvalue weighted by atomic mass is 10.1. The van der Waals surface area contributed by atoms with Crippen LogP contribution in [0.15, 0.2) is 28.7 Å². The average molecular weight is 314 g/mol. The smallest absolute Gasteiger partial charge is 0.240 e. The van der Waals surface area contributed by atoms with E-state index in [4.69, 9.17) is 4.42 Å². The van der Waals surface area contributed by atoms with Gasteiger partial charge in [0, 0.05) is 23.9 Å². The highest BCUT2D eigenvalue weighted by Crippen LogP contribution is 2.29. The molecule has 122 valence electrons. The zero-order chi connectivity index (χ0) is 16.4. The van der Waals surface area contributed by atoms with E-state index in [1.165, 1.54) is 0 Å². The van der Waals surface area contributed by atoms with Crippen LogP contribution in [-0.2, 0) is 9.59 Å². The SMILES string of the molecule is Cc1c(C(C)NC(=O)CN2CCCCC2=O)oc2ccccc12. The van der Waals surface area contributed by atoms with Crippen molar-refractivity contribution in [3.05, 3.63) is 35.6 Å². The molecule has 1 N–H and O–H groups in total. The third-order valence-electron chi connectivity index (χ3n) is 4.41. The maximum Gasteiger partial charge on any atom is 0.240 e. The summed E-state index contributed by atoms with van der Waals surface area (Å²) in [6.45, 7) is 4.70. The van der Waals surface area contributed by atoms with Crippen molar-refractivity contribution in [1.29, 1.82) is 0 Å². The second-order valence-electron chi connectivity index (χ2n) is 6.15. The summed E-state index contributed by atoms with van der Waals surface area (Å²) < 4.78 is 5.88. The van der Waals surface area contributed by atoms with Gasteiger partial charge in [-0.05, 0) is 32.8 Å². The van der Waals surface area contributed by atoms with Gasteiger partial charge in [-0.1, -0.05) is 18.2 Å². The first-order valence-corrected chi connectivity index (χ1v) is 8.11. The van der Waals surface area contributed by atoms with E-state index < -0.39 is 0 Å². The Bertz CT molecular complexity index is 735. The van der Waals surface area contributed by atoms with Crippen LogP contribution in [0.1, 0.15) is 43.6 Å². The van der Waals surface area contributed by atoms with Gasteiger partial charge < -0.3 is 14.6 Å². The minimum atomic E-state index is -0.227. The summed E-state index contributed by atoms with van der Waals surface area (Å²) in [4.78, 5) is 25.6. The molecule has 2 aromatic rings. The van der Waals surface area contributed by atoms with Crippen LogP contribution < -0.4 is 5.32 Å². The molecule has 5 heteroatoms. The molecule has 1 saturated heterocycles. The summed E-state index contributed by atoms with van der Waals surface area (Å²) in [7, 11) is 0. The quantitative estimate of drug-likeness (QED) is 0.944. The number of para-hydroxylation sites is 1. The number of rotatable bonds is 4. The van der Waals surface area contributed by atoms with E-state index in [1.807, 2.05) is 38.1 Å². The van der Waals surface area contributed by atoms with Crippen LogP contribution in [0.5, 0.6) is 0 Å². The van der Waals surface area contributed by atoms with E-state index in [-0.39, 0.29) is 24.4 Å². The van der Waals surface area contributed by atoms with E-state index in [9.17, 15) is 9.59 Å². The highest BCUT2D eigenvalue weighted by molar-refractivity contribution is 5.86. The summed E-state index contributed by atoms with van der Waals surface area (Å²) in [5.41, 5.74) is 1.87. The number of carbonyl (C=O) groups excluding carboxylic acids is 2. The fourth-order valence-corrected chi connectivity index (χ4v) is 3.16. The largest absolute Gasteiger partial charge is 0.459 e. The molecule has 5 nitrogen and oxygen atoms in total. The second-order valence-corrected chi connectivity index (χ2v) is 6.15. The van der Waals surface area contributed by atoms with Gasteiger partial charge in [-0.2, -0.15) is 0 Å². The monoisotopic (exact) mass is 314 g/mol. The molecule has 1 aromatic carbocycles. The lowest BCUT2D eigenvalue weighted by molar-refractivity contribution is -0.138. The summed E-state index contributed by atoms with van der Waals surface area (Å²) in [5, 5.41) is 4.00. The van der Waals surface area contributed by atoms with E-state index in [0.717, 1.165) is 35.1 Å². The van der Waals surface area contributed by atoms with Crippen molar-refractivity contribution >= 4 is 22.8 Å². The van der Waals surface area contributed by atoms with Gasteiger partial charge in [0.2, 0.25) is 11.8 Å². The first-order valence-electron chi connectivity index (χ1n) is 8.11. The van der Waals surface area contributed by atoms with Crippen molar-refractivity contribution in [2.24, 2.45) is 0 Å². The third kappa shape index (κ3) is 3.23. The highest BCUT2D eigenvalue weighted by atomic mass is 16.3. The number of nitrogens with zero attached hydrogens (tertiary/aromatic N) is 1. The Morgan fingerprint density at radius 2 is 2.13 bits per heavy atom. The molecule has 0 saturated carbocycles. The standard InChI is InChI=1S/C18H22N2O3/c1-12-14-7-3-4-8-15(14)23-18(12)13(2)19-16(21)11-20-10-6-5-9-17(20)22/h3-4,7-8,13H,5-6,9-11H2,1-2H3,(H,19,21). The number of piperidine rings is 1. The Balaban J connectivity index is 1.67. The predicted molar refractivity (Wildman–Crippen MR) is 87.9 cm³/mol. The van der Waals surface area contributed by atoms with Crippen LogP contribution in [0.3, 0.4) is 0 Å². The predicted octanol–water partition coefficient (Wildman–Crippen LogP) is 2.93. The molecule has 1 unspecified atom stereocenters. The van der Waals surface area contributed by atoms with Crippen molar-refractivity contribution in [2.75, 3.05) is 13.1 Å². The number of amides is 2. The minimum absolute atomic E-state index is 0.0685. The van der Waals surface area contributed by atoms with E-state index in [1.54, 1.807) is 4.90 Å². The molecule has 2 heterocycles. The number of furan rings is 1. The maximum absolute atomic E-state index is 12.2. The molecule has 1 aliphatic heterocycles. The van der Waals surface area contributed by atoms with Gasteiger partial charge in [-0.3, -0.25) is 9.59 Å². The first kappa shape index (κ1) is 15.6. The van der Waals surface area contributed by atoms with Crippen molar-refractivity contribution in [2.45, 2.75) is 39.2 Å². The molecule has 23 heavy (non-hydrogen) atoms. The summed E-state index contributed by atoms with van der Waals surface area (Å²) in [5.74, 6) is 0.691. The average Bonchev–Trinajstić information content (AvgIpc) is 2.87. The summed E-state index contributed by atoms with van der Waals surface area (Å²) >= 11 is 0. The van der Waals surface area contributed by atoms with Gasteiger partial charge in [0.25, 0.3) is 0 Å². The second kappa shape index (κ2) is 6.44. The number of likely N-dealkylation sites (tertiary alicyclic amines) is 1. The van der Waals surface area contributed by atoms with Crippen LogP contribution in [0.4, 0.5) is 0 Å². The number of hydrogen-bond donors (Lipinski definition) is 1. The maximum atomic E-state index is 12.2. The Hall–Kier alpha value is -2.30. The zero-order valence-electron chi connectivity index (χ0n) is 13.6. The zero-order valence-corrected chi connectivity index (χ0v) is 13.6. The molecular formula is C18H22N2O3. The Labute approximate surface area is 135 Å². The number of carbonyl (C=O) groups is 2. The van der Waals surface area contributed by atoms with Crippen molar-refractivity contribution in [3.8, 4) is 0 Å². The molecule has 1 aromatic heterocycles. The van der Waals surface area contributed by atoms with Crippen molar-refractivity contribution in [1.82, 2.24) is 10.2 Å².